The van der Waals surface area contributed by atoms with Gasteiger partial charge in [0.05, 0.1) is 0 Å². The van der Waals surface area contributed by atoms with E-state index in [1.165, 1.54) is 18.3 Å². The van der Waals surface area contributed by atoms with Crippen LogP contribution in [0.1, 0.15) is 16.1 Å². The molecule has 0 fully saturated rings. The van der Waals surface area contributed by atoms with E-state index < -0.39 is 17.0 Å². The van der Waals surface area contributed by atoms with Gasteiger partial charge >= 0.3 is 0 Å². The Hall–Kier alpha value is -3.41. The number of aromatic amines is 2. The first-order valence-corrected chi connectivity index (χ1v) is 7.34. The number of anilines is 1. The van der Waals surface area contributed by atoms with Crippen molar-refractivity contribution in [2.24, 2.45) is 0 Å². The lowest BCUT2D eigenvalue weighted by atomic mass is 10.0. The predicted molar refractivity (Wildman–Crippen MR) is 92.3 cm³/mol. The number of rotatable bonds is 3. The molecule has 0 spiro atoms. The van der Waals surface area contributed by atoms with Gasteiger partial charge in [0.25, 0.3) is 17.0 Å². The largest absolute Gasteiger partial charge is 0.327 e. The zero-order chi connectivity index (χ0) is 17.1. The van der Waals surface area contributed by atoms with Gasteiger partial charge in [-0.1, -0.05) is 30.3 Å². The summed E-state index contributed by atoms with van der Waals surface area (Å²) in [4.78, 5) is 41.3. The van der Waals surface area contributed by atoms with Crippen LogP contribution < -0.4 is 16.4 Å². The lowest BCUT2D eigenvalue weighted by molar-refractivity contribution is 0.102. The molecular formula is C18H15N3O3. The zero-order valence-corrected chi connectivity index (χ0v) is 12.9. The number of hydrogen-bond acceptors (Lipinski definition) is 3. The van der Waals surface area contributed by atoms with E-state index in [0.717, 1.165) is 11.1 Å². The molecular weight excluding hydrogens is 306 g/mol. The van der Waals surface area contributed by atoms with Crippen molar-refractivity contribution in [2.45, 2.75) is 6.92 Å². The number of benzene rings is 1. The van der Waals surface area contributed by atoms with Gasteiger partial charge in [0.2, 0.25) is 0 Å². The van der Waals surface area contributed by atoms with Gasteiger partial charge in [-0.15, -0.1) is 0 Å². The average Bonchev–Trinajstić information content (AvgIpc) is 2.58. The molecule has 0 aliphatic rings. The zero-order valence-electron chi connectivity index (χ0n) is 12.9. The van der Waals surface area contributed by atoms with Gasteiger partial charge in [-0.25, -0.2) is 0 Å². The first kappa shape index (κ1) is 15.5. The Morgan fingerprint density at radius 3 is 2.46 bits per heavy atom. The van der Waals surface area contributed by atoms with E-state index in [1.807, 2.05) is 30.3 Å². The Balaban J connectivity index is 2.02. The second kappa shape index (κ2) is 6.37. The highest BCUT2D eigenvalue weighted by Gasteiger charge is 2.15. The minimum atomic E-state index is -0.634. The van der Waals surface area contributed by atoms with Crippen molar-refractivity contribution in [3.05, 3.63) is 86.7 Å². The summed E-state index contributed by atoms with van der Waals surface area (Å²) >= 11 is 0. The molecule has 2 heterocycles. The second-order valence-corrected chi connectivity index (χ2v) is 5.28. The molecule has 0 saturated heterocycles. The molecule has 0 unspecified atom stereocenters. The van der Waals surface area contributed by atoms with Crippen molar-refractivity contribution in [3.63, 3.8) is 0 Å². The molecule has 0 aliphatic carbocycles. The highest BCUT2D eigenvalue weighted by molar-refractivity contribution is 6.04. The molecule has 0 aliphatic heterocycles. The van der Waals surface area contributed by atoms with Crippen molar-refractivity contribution in [3.8, 4) is 11.1 Å². The molecule has 3 rings (SSSR count). The van der Waals surface area contributed by atoms with Gasteiger partial charge in [-0.2, -0.15) is 0 Å². The summed E-state index contributed by atoms with van der Waals surface area (Å²) in [6.45, 7) is 1.77. The summed E-state index contributed by atoms with van der Waals surface area (Å²) in [5, 5.41) is 2.46. The van der Waals surface area contributed by atoms with Gasteiger partial charge in [0.15, 0.2) is 0 Å². The maximum atomic E-state index is 12.4. The summed E-state index contributed by atoms with van der Waals surface area (Å²) in [6.07, 6.45) is 1.46. The fourth-order valence-electron chi connectivity index (χ4n) is 2.42. The molecule has 1 aromatic carbocycles. The Morgan fingerprint density at radius 1 is 1.00 bits per heavy atom. The number of aromatic nitrogens is 2. The third-order valence-corrected chi connectivity index (χ3v) is 3.63. The number of H-pyrrole nitrogens is 2. The molecule has 2 aromatic heterocycles. The van der Waals surface area contributed by atoms with E-state index in [-0.39, 0.29) is 11.3 Å². The Kier molecular flexibility index (Phi) is 4.11. The molecule has 0 bridgehead atoms. The van der Waals surface area contributed by atoms with Crippen LogP contribution in [0.5, 0.6) is 0 Å². The standard InChI is InChI=1S/C18H15N3O3/c1-11-13(12-6-3-2-4-7-12)10-14(16(22)20-11)17(23)21-15-8-5-9-19-18(15)24/h2-10H,1H3,(H,19,24)(H,20,22)(H,21,23). The summed E-state index contributed by atoms with van der Waals surface area (Å²) in [7, 11) is 0. The van der Waals surface area contributed by atoms with Crippen LogP contribution >= 0.6 is 0 Å². The molecule has 6 nitrogen and oxygen atoms in total. The SMILES string of the molecule is Cc1[nH]c(=O)c(C(=O)Nc2ccc[nH]c2=O)cc1-c1ccccc1. The number of carbonyl (C=O) groups excluding carboxylic acids is 1. The van der Waals surface area contributed by atoms with Crippen molar-refractivity contribution in [1.82, 2.24) is 9.97 Å². The van der Waals surface area contributed by atoms with Crippen LogP contribution in [0.2, 0.25) is 0 Å². The normalized spacial score (nSPS) is 10.4. The molecule has 120 valence electrons. The monoisotopic (exact) mass is 321 g/mol. The van der Waals surface area contributed by atoms with Crippen molar-refractivity contribution >= 4 is 11.6 Å². The summed E-state index contributed by atoms with van der Waals surface area (Å²) < 4.78 is 0. The molecule has 24 heavy (non-hydrogen) atoms. The molecule has 3 aromatic rings. The Bertz CT molecular complexity index is 1000. The van der Waals surface area contributed by atoms with Gasteiger partial charge in [-0.05, 0) is 30.7 Å². The number of aryl methyl sites for hydroxylation is 1. The number of amides is 1. The van der Waals surface area contributed by atoms with E-state index >= 15 is 0 Å². The third-order valence-electron chi connectivity index (χ3n) is 3.63. The van der Waals surface area contributed by atoms with E-state index in [2.05, 4.69) is 15.3 Å². The molecule has 6 heteroatoms. The van der Waals surface area contributed by atoms with E-state index in [0.29, 0.717) is 5.69 Å². The first-order chi connectivity index (χ1) is 11.6. The predicted octanol–water partition coefficient (Wildman–Crippen LogP) is 2.29. The summed E-state index contributed by atoms with van der Waals surface area (Å²) in [5.41, 5.74) is 1.40. The van der Waals surface area contributed by atoms with Crippen LogP contribution in [-0.4, -0.2) is 15.9 Å². The molecule has 0 atom stereocenters. The fourth-order valence-corrected chi connectivity index (χ4v) is 2.42. The minimum Gasteiger partial charge on any atom is -0.327 e. The van der Waals surface area contributed by atoms with Crippen molar-refractivity contribution < 1.29 is 4.79 Å². The van der Waals surface area contributed by atoms with Crippen LogP contribution in [0.3, 0.4) is 0 Å². The quantitative estimate of drug-likeness (QED) is 0.691. The smallest absolute Gasteiger partial charge is 0.271 e. The fraction of sp³-hybridized carbons (Fsp3) is 0.0556. The molecule has 0 saturated carbocycles. The van der Waals surface area contributed by atoms with E-state index in [4.69, 9.17) is 0 Å². The van der Waals surface area contributed by atoms with Gasteiger partial charge < -0.3 is 15.3 Å². The number of hydrogen-bond donors (Lipinski definition) is 3. The Morgan fingerprint density at radius 2 is 1.75 bits per heavy atom. The van der Waals surface area contributed by atoms with Gasteiger partial charge in [0.1, 0.15) is 11.3 Å². The number of carbonyl (C=O) groups is 1. The van der Waals surface area contributed by atoms with Crippen LogP contribution in [0.25, 0.3) is 11.1 Å². The van der Waals surface area contributed by atoms with E-state index in [1.54, 1.807) is 13.0 Å². The average molecular weight is 321 g/mol. The van der Waals surface area contributed by atoms with Crippen LogP contribution in [0.4, 0.5) is 5.69 Å². The highest BCUT2D eigenvalue weighted by Crippen LogP contribution is 2.21. The second-order valence-electron chi connectivity index (χ2n) is 5.28. The number of nitrogens with one attached hydrogen (secondary N) is 3. The van der Waals surface area contributed by atoms with Crippen LogP contribution in [0, 0.1) is 6.92 Å². The number of pyridine rings is 2. The van der Waals surface area contributed by atoms with Gasteiger partial charge in [0, 0.05) is 17.5 Å². The first-order valence-electron chi connectivity index (χ1n) is 7.34. The van der Waals surface area contributed by atoms with Crippen LogP contribution in [-0.2, 0) is 0 Å². The summed E-state index contributed by atoms with van der Waals surface area (Å²) in [5.74, 6) is -0.634. The topological polar surface area (TPSA) is 94.8 Å². The minimum absolute atomic E-state index is 0.0530. The lowest BCUT2D eigenvalue weighted by Gasteiger charge is -2.09. The maximum Gasteiger partial charge on any atom is 0.271 e. The van der Waals surface area contributed by atoms with Crippen LogP contribution in [0.15, 0.2) is 64.3 Å². The maximum absolute atomic E-state index is 12.4. The Labute approximate surface area is 137 Å². The van der Waals surface area contributed by atoms with E-state index in [9.17, 15) is 14.4 Å². The van der Waals surface area contributed by atoms with Crippen molar-refractivity contribution in [2.75, 3.05) is 5.32 Å². The molecule has 0 radical (unpaired) electrons. The molecule has 1 amide bonds. The molecule has 3 N–H and O–H groups in total. The lowest BCUT2D eigenvalue weighted by Crippen LogP contribution is -2.26. The van der Waals surface area contributed by atoms with Gasteiger partial charge in [-0.3, -0.25) is 14.4 Å². The third kappa shape index (κ3) is 3.03. The highest BCUT2D eigenvalue weighted by atomic mass is 16.2. The summed E-state index contributed by atoms with van der Waals surface area (Å²) in [6, 6.07) is 14.0. The van der Waals surface area contributed by atoms with Crippen molar-refractivity contribution in [1.29, 1.82) is 0 Å².